The molecule has 1 aliphatic heterocycles. The van der Waals surface area contributed by atoms with E-state index in [9.17, 15) is 14.0 Å². The Balaban J connectivity index is 1.67. The van der Waals surface area contributed by atoms with Gasteiger partial charge in [-0.25, -0.2) is 9.18 Å². The highest BCUT2D eigenvalue weighted by molar-refractivity contribution is 6.34. The molecule has 0 atom stereocenters. The van der Waals surface area contributed by atoms with Crippen molar-refractivity contribution in [2.75, 3.05) is 0 Å². The largest absolute Gasteiger partial charge is 0.329 e. The lowest BCUT2D eigenvalue weighted by molar-refractivity contribution is -0.123. The minimum Gasteiger partial charge on any atom is -0.316 e. The Labute approximate surface area is 188 Å². The standard InChI is InChI=1S/C23H18Cl2FN3O2/c1-13-9-16(14(2)29(13)21-11-17(24)7-8-18(21)25)10-20-22(30)28(23(31)27-20)12-15-5-3-4-6-19(15)26/h3-11H,12H2,1-2H3,(H,27,31)/b20-10+. The van der Waals surface area contributed by atoms with Crippen molar-refractivity contribution < 1.29 is 14.0 Å². The first-order chi connectivity index (χ1) is 14.8. The van der Waals surface area contributed by atoms with Crippen molar-refractivity contribution in [2.24, 2.45) is 0 Å². The van der Waals surface area contributed by atoms with Gasteiger partial charge in [-0.15, -0.1) is 0 Å². The van der Waals surface area contributed by atoms with Crippen LogP contribution in [0.5, 0.6) is 0 Å². The van der Waals surface area contributed by atoms with E-state index in [0.29, 0.717) is 10.0 Å². The number of halogens is 3. The second-order valence-electron chi connectivity index (χ2n) is 7.23. The number of nitrogens with zero attached hydrogens (tertiary/aromatic N) is 2. The molecule has 4 rings (SSSR count). The van der Waals surface area contributed by atoms with Gasteiger partial charge in [0.1, 0.15) is 11.5 Å². The van der Waals surface area contributed by atoms with Crippen molar-refractivity contribution in [1.29, 1.82) is 0 Å². The smallest absolute Gasteiger partial charge is 0.316 e. The summed E-state index contributed by atoms with van der Waals surface area (Å²) in [5.74, 6) is -0.985. The molecule has 1 saturated heterocycles. The summed E-state index contributed by atoms with van der Waals surface area (Å²) in [7, 11) is 0. The van der Waals surface area contributed by atoms with Crippen LogP contribution in [0.25, 0.3) is 11.8 Å². The number of rotatable bonds is 4. The second-order valence-corrected chi connectivity index (χ2v) is 8.07. The maximum atomic E-state index is 14.0. The summed E-state index contributed by atoms with van der Waals surface area (Å²) in [6.45, 7) is 3.65. The third-order valence-electron chi connectivity index (χ3n) is 5.17. The van der Waals surface area contributed by atoms with Crippen molar-refractivity contribution in [3.63, 3.8) is 0 Å². The molecule has 0 aliphatic carbocycles. The number of hydrogen-bond acceptors (Lipinski definition) is 2. The molecule has 1 aromatic heterocycles. The summed E-state index contributed by atoms with van der Waals surface area (Å²) >= 11 is 12.5. The van der Waals surface area contributed by atoms with Gasteiger partial charge in [-0.2, -0.15) is 0 Å². The first-order valence-electron chi connectivity index (χ1n) is 9.48. The first kappa shape index (κ1) is 21.2. The number of imide groups is 1. The lowest BCUT2D eigenvalue weighted by Gasteiger charge is -2.12. The SMILES string of the molecule is Cc1cc(/C=C2/NC(=O)N(Cc3ccccc3F)C2=O)c(C)n1-c1cc(Cl)ccc1Cl. The molecular formula is C23H18Cl2FN3O2. The van der Waals surface area contributed by atoms with Crippen molar-refractivity contribution in [1.82, 2.24) is 14.8 Å². The van der Waals surface area contributed by atoms with Gasteiger partial charge in [0, 0.05) is 22.0 Å². The molecule has 1 fully saturated rings. The van der Waals surface area contributed by atoms with E-state index in [1.807, 2.05) is 24.5 Å². The summed E-state index contributed by atoms with van der Waals surface area (Å²) in [6, 6.07) is 12.5. The van der Waals surface area contributed by atoms with Crippen molar-refractivity contribution in [3.8, 4) is 5.69 Å². The summed E-state index contributed by atoms with van der Waals surface area (Å²) < 4.78 is 15.9. The van der Waals surface area contributed by atoms with E-state index in [1.54, 1.807) is 42.5 Å². The highest BCUT2D eigenvalue weighted by atomic mass is 35.5. The topological polar surface area (TPSA) is 54.3 Å². The van der Waals surface area contributed by atoms with Gasteiger partial charge in [0.15, 0.2) is 0 Å². The lowest BCUT2D eigenvalue weighted by atomic mass is 10.2. The Hall–Kier alpha value is -3.09. The fourth-order valence-electron chi connectivity index (χ4n) is 3.63. The molecule has 2 aromatic carbocycles. The molecule has 2 heterocycles. The normalized spacial score (nSPS) is 15.1. The number of aromatic nitrogens is 1. The van der Waals surface area contributed by atoms with Crippen LogP contribution in [0.2, 0.25) is 10.0 Å². The van der Waals surface area contributed by atoms with Crippen LogP contribution in [0.15, 0.2) is 54.2 Å². The molecule has 3 aromatic rings. The third-order valence-corrected chi connectivity index (χ3v) is 5.72. The van der Waals surface area contributed by atoms with Gasteiger partial charge in [-0.1, -0.05) is 41.4 Å². The van der Waals surface area contributed by atoms with Gasteiger partial charge < -0.3 is 9.88 Å². The molecule has 158 valence electrons. The van der Waals surface area contributed by atoms with E-state index < -0.39 is 17.8 Å². The molecule has 5 nitrogen and oxygen atoms in total. The highest BCUT2D eigenvalue weighted by Gasteiger charge is 2.34. The predicted octanol–water partition coefficient (Wildman–Crippen LogP) is 5.63. The zero-order chi connectivity index (χ0) is 22.3. The molecule has 3 amide bonds. The van der Waals surface area contributed by atoms with E-state index in [2.05, 4.69) is 5.32 Å². The number of carbonyl (C=O) groups is 2. The zero-order valence-electron chi connectivity index (χ0n) is 16.7. The van der Waals surface area contributed by atoms with E-state index in [-0.39, 0.29) is 17.8 Å². The van der Waals surface area contributed by atoms with Crippen LogP contribution in [-0.4, -0.2) is 21.4 Å². The molecule has 0 spiro atoms. The number of nitrogens with one attached hydrogen (secondary N) is 1. The van der Waals surface area contributed by atoms with Gasteiger partial charge in [-0.05, 0) is 55.8 Å². The number of urea groups is 1. The fourth-order valence-corrected chi connectivity index (χ4v) is 4.00. The molecule has 0 bridgehead atoms. The number of aryl methyl sites for hydroxylation is 1. The maximum Gasteiger partial charge on any atom is 0.329 e. The number of carbonyl (C=O) groups excluding carboxylic acids is 2. The van der Waals surface area contributed by atoms with Crippen LogP contribution in [-0.2, 0) is 11.3 Å². The fraction of sp³-hybridized carbons (Fsp3) is 0.130. The zero-order valence-corrected chi connectivity index (χ0v) is 18.3. The van der Waals surface area contributed by atoms with Crippen LogP contribution in [0.1, 0.15) is 22.5 Å². The van der Waals surface area contributed by atoms with Gasteiger partial charge in [0.25, 0.3) is 5.91 Å². The Morgan fingerprint density at radius 1 is 1.06 bits per heavy atom. The molecule has 1 N–H and O–H groups in total. The number of hydrogen-bond donors (Lipinski definition) is 1. The van der Waals surface area contributed by atoms with Gasteiger partial charge in [-0.3, -0.25) is 9.69 Å². The van der Waals surface area contributed by atoms with Crippen molar-refractivity contribution >= 4 is 41.2 Å². The summed E-state index contributed by atoms with van der Waals surface area (Å²) in [4.78, 5) is 26.2. The highest BCUT2D eigenvalue weighted by Crippen LogP contribution is 2.30. The molecule has 0 unspecified atom stereocenters. The number of amides is 3. The minimum absolute atomic E-state index is 0.124. The lowest BCUT2D eigenvalue weighted by Crippen LogP contribution is -2.30. The van der Waals surface area contributed by atoms with E-state index in [1.165, 1.54) is 6.07 Å². The molecular weight excluding hydrogens is 440 g/mol. The van der Waals surface area contributed by atoms with Crippen LogP contribution >= 0.6 is 23.2 Å². The second kappa shape index (κ2) is 8.21. The summed E-state index contributed by atoms with van der Waals surface area (Å²) in [5, 5.41) is 3.66. The van der Waals surface area contributed by atoms with Crippen LogP contribution in [0.4, 0.5) is 9.18 Å². The molecule has 8 heteroatoms. The Bertz CT molecular complexity index is 1250. The Morgan fingerprint density at radius 3 is 2.55 bits per heavy atom. The maximum absolute atomic E-state index is 14.0. The van der Waals surface area contributed by atoms with E-state index in [0.717, 1.165) is 27.5 Å². The summed E-state index contributed by atoms with van der Waals surface area (Å²) in [5.41, 5.74) is 3.55. The third kappa shape index (κ3) is 3.96. The van der Waals surface area contributed by atoms with Crippen molar-refractivity contribution in [3.05, 3.63) is 92.6 Å². The van der Waals surface area contributed by atoms with Gasteiger partial charge in [0.05, 0.1) is 17.3 Å². The molecule has 31 heavy (non-hydrogen) atoms. The monoisotopic (exact) mass is 457 g/mol. The first-order valence-corrected chi connectivity index (χ1v) is 10.2. The number of benzene rings is 2. The van der Waals surface area contributed by atoms with Crippen molar-refractivity contribution in [2.45, 2.75) is 20.4 Å². The van der Waals surface area contributed by atoms with Crippen LogP contribution in [0.3, 0.4) is 0 Å². The quantitative estimate of drug-likeness (QED) is 0.407. The average Bonchev–Trinajstić information content (AvgIpc) is 3.15. The van der Waals surface area contributed by atoms with Gasteiger partial charge >= 0.3 is 6.03 Å². The molecule has 0 radical (unpaired) electrons. The Kier molecular flexibility index (Phi) is 5.60. The summed E-state index contributed by atoms with van der Waals surface area (Å²) in [6.07, 6.45) is 1.61. The Morgan fingerprint density at radius 2 is 1.81 bits per heavy atom. The molecule has 0 saturated carbocycles. The minimum atomic E-state index is -0.591. The average molecular weight is 458 g/mol. The predicted molar refractivity (Wildman–Crippen MR) is 119 cm³/mol. The van der Waals surface area contributed by atoms with Crippen LogP contribution in [0, 0.1) is 19.7 Å². The van der Waals surface area contributed by atoms with E-state index >= 15 is 0 Å². The van der Waals surface area contributed by atoms with Crippen LogP contribution < -0.4 is 5.32 Å². The molecule has 1 aliphatic rings. The van der Waals surface area contributed by atoms with E-state index in [4.69, 9.17) is 23.2 Å². The van der Waals surface area contributed by atoms with Gasteiger partial charge in [0.2, 0.25) is 0 Å².